The molecule has 184 valence electrons. The molecule has 0 atom stereocenters. The Labute approximate surface area is 203 Å². The highest BCUT2D eigenvalue weighted by atomic mass is 16.5. The zero-order chi connectivity index (χ0) is 23.4. The van der Waals surface area contributed by atoms with Crippen molar-refractivity contribution in [2.75, 3.05) is 6.61 Å². The standard InChI is InChI=1S/C30H48N2O/c1-3-5-7-9-11-12-13-14-15-17-21-27-24-25-29(32-31-27)28-22-18-19-23-30(28)33-26-20-16-10-8-6-4-2/h18-19,22-25H,3-17,20-21,26H2,1-2H3. The molecule has 0 amide bonds. The number of hydrogen-bond acceptors (Lipinski definition) is 3. The van der Waals surface area contributed by atoms with Crippen LogP contribution in [0.15, 0.2) is 36.4 Å². The minimum absolute atomic E-state index is 0.771. The van der Waals surface area contributed by atoms with E-state index in [0.29, 0.717) is 0 Å². The van der Waals surface area contributed by atoms with Crippen LogP contribution in [0.4, 0.5) is 0 Å². The molecule has 0 saturated heterocycles. The first-order valence-corrected chi connectivity index (χ1v) is 13.9. The van der Waals surface area contributed by atoms with Gasteiger partial charge in [0.25, 0.3) is 0 Å². The maximum atomic E-state index is 6.10. The number of para-hydroxylation sites is 1. The molecule has 0 aliphatic carbocycles. The second kappa shape index (κ2) is 18.5. The molecule has 0 aliphatic rings. The van der Waals surface area contributed by atoms with E-state index in [4.69, 9.17) is 4.74 Å². The zero-order valence-corrected chi connectivity index (χ0v) is 21.5. The predicted molar refractivity (Wildman–Crippen MR) is 142 cm³/mol. The van der Waals surface area contributed by atoms with Crippen LogP contribution in [0, 0.1) is 0 Å². The van der Waals surface area contributed by atoms with E-state index in [9.17, 15) is 0 Å². The molecule has 33 heavy (non-hydrogen) atoms. The van der Waals surface area contributed by atoms with Crippen LogP contribution in [-0.2, 0) is 6.42 Å². The van der Waals surface area contributed by atoms with Gasteiger partial charge >= 0.3 is 0 Å². The predicted octanol–water partition coefficient (Wildman–Crippen LogP) is 9.35. The molecule has 1 heterocycles. The Kier molecular flexibility index (Phi) is 15.3. The van der Waals surface area contributed by atoms with Crippen molar-refractivity contribution < 1.29 is 4.74 Å². The molecule has 2 rings (SSSR count). The molecule has 1 aromatic heterocycles. The number of unbranched alkanes of at least 4 members (excludes halogenated alkanes) is 14. The van der Waals surface area contributed by atoms with Gasteiger partial charge < -0.3 is 4.74 Å². The quantitative estimate of drug-likeness (QED) is 0.188. The maximum absolute atomic E-state index is 6.10. The molecule has 1 aromatic carbocycles. The van der Waals surface area contributed by atoms with Gasteiger partial charge in [0.2, 0.25) is 0 Å². The first kappa shape index (κ1) is 27.3. The summed E-state index contributed by atoms with van der Waals surface area (Å²) < 4.78 is 6.10. The Morgan fingerprint density at radius 3 is 1.76 bits per heavy atom. The van der Waals surface area contributed by atoms with Gasteiger partial charge in [0.1, 0.15) is 5.75 Å². The van der Waals surface area contributed by atoms with Crippen LogP contribution in [0.2, 0.25) is 0 Å². The summed E-state index contributed by atoms with van der Waals surface area (Å²) in [6, 6.07) is 12.5. The largest absolute Gasteiger partial charge is 0.493 e. The normalized spacial score (nSPS) is 11.1. The van der Waals surface area contributed by atoms with Gasteiger partial charge in [-0.15, -0.1) is 0 Å². The topological polar surface area (TPSA) is 35.0 Å². The van der Waals surface area contributed by atoms with Crippen molar-refractivity contribution in [3.63, 3.8) is 0 Å². The van der Waals surface area contributed by atoms with E-state index in [-0.39, 0.29) is 0 Å². The van der Waals surface area contributed by atoms with Gasteiger partial charge in [0.05, 0.1) is 18.0 Å². The molecule has 3 nitrogen and oxygen atoms in total. The summed E-state index contributed by atoms with van der Waals surface area (Å²) in [4.78, 5) is 0. The number of nitrogens with zero attached hydrogens (tertiary/aromatic N) is 2. The minimum Gasteiger partial charge on any atom is -0.493 e. The van der Waals surface area contributed by atoms with Gasteiger partial charge in [-0.25, -0.2) is 0 Å². The molecule has 0 fully saturated rings. The summed E-state index contributed by atoms with van der Waals surface area (Å²) in [6.07, 6.45) is 22.3. The first-order valence-electron chi connectivity index (χ1n) is 13.9. The van der Waals surface area contributed by atoms with Crippen LogP contribution in [0.3, 0.4) is 0 Å². The lowest BCUT2D eigenvalue weighted by Crippen LogP contribution is -2.00. The molecule has 0 bridgehead atoms. The zero-order valence-electron chi connectivity index (χ0n) is 21.5. The number of benzene rings is 1. The fourth-order valence-corrected chi connectivity index (χ4v) is 4.30. The summed E-state index contributed by atoms with van der Waals surface area (Å²) >= 11 is 0. The van der Waals surface area contributed by atoms with E-state index in [0.717, 1.165) is 42.1 Å². The number of ether oxygens (including phenoxy) is 1. The van der Waals surface area contributed by atoms with Crippen LogP contribution in [0.5, 0.6) is 5.75 Å². The Balaban J connectivity index is 1.66. The third kappa shape index (κ3) is 12.2. The lowest BCUT2D eigenvalue weighted by molar-refractivity contribution is 0.305. The fraction of sp³-hybridized carbons (Fsp3) is 0.667. The molecule has 0 aliphatic heterocycles. The highest BCUT2D eigenvalue weighted by molar-refractivity contribution is 5.66. The third-order valence-corrected chi connectivity index (χ3v) is 6.42. The summed E-state index contributed by atoms with van der Waals surface area (Å²) in [5.41, 5.74) is 3.05. The molecule has 0 N–H and O–H groups in total. The molecule has 0 unspecified atom stereocenters. The van der Waals surface area contributed by atoms with Crippen molar-refractivity contribution in [3.8, 4) is 17.0 Å². The van der Waals surface area contributed by atoms with Crippen molar-refractivity contribution in [3.05, 3.63) is 42.1 Å². The van der Waals surface area contributed by atoms with E-state index < -0.39 is 0 Å². The van der Waals surface area contributed by atoms with Gasteiger partial charge in [-0.3, -0.25) is 0 Å². The second-order valence-electron chi connectivity index (χ2n) is 9.45. The van der Waals surface area contributed by atoms with Crippen molar-refractivity contribution >= 4 is 0 Å². The maximum Gasteiger partial charge on any atom is 0.128 e. The van der Waals surface area contributed by atoms with E-state index in [1.807, 2.05) is 18.2 Å². The summed E-state index contributed by atoms with van der Waals surface area (Å²) in [5, 5.41) is 9.03. The summed E-state index contributed by atoms with van der Waals surface area (Å²) in [7, 11) is 0. The molecular weight excluding hydrogens is 404 g/mol. The van der Waals surface area contributed by atoms with E-state index in [1.165, 1.54) is 96.3 Å². The van der Waals surface area contributed by atoms with Gasteiger partial charge in [-0.1, -0.05) is 116 Å². The van der Waals surface area contributed by atoms with Crippen LogP contribution >= 0.6 is 0 Å². The van der Waals surface area contributed by atoms with Crippen molar-refractivity contribution in [2.45, 2.75) is 123 Å². The smallest absolute Gasteiger partial charge is 0.128 e. The van der Waals surface area contributed by atoms with Gasteiger partial charge in [0, 0.05) is 5.56 Å². The van der Waals surface area contributed by atoms with Crippen molar-refractivity contribution in [1.82, 2.24) is 10.2 Å². The highest BCUT2D eigenvalue weighted by Crippen LogP contribution is 2.28. The van der Waals surface area contributed by atoms with Gasteiger partial charge in [0.15, 0.2) is 0 Å². The lowest BCUT2D eigenvalue weighted by Gasteiger charge is -2.11. The highest BCUT2D eigenvalue weighted by Gasteiger charge is 2.08. The fourth-order valence-electron chi connectivity index (χ4n) is 4.30. The first-order chi connectivity index (χ1) is 16.3. The molecule has 0 spiro atoms. The summed E-state index contributed by atoms with van der Waals surface area (Å²) in [5.74, 6) is 0.919. The second-order valence-corrected chi connectivity index (χ2v) is 9.45. The Bertz CT molecular complexity index is 713. The Morgan fingerprint density at radius 2 is 1.15 bits per heavy atom. The molecule has 2 aromatic rings. The Hall–Kier alpha value is -1.90. The van der Waals surface area contributed by atoms with E-state index in [1.54, 1.807) is 0 Å². The average Bonchev–Trinajstić information content (AvgIpc) is 2.85. The monoisotopic (exact) mass is 452 g/mol. The van der Waals surface area contributed by atoms with Crippen LogP contribution < -0.4 is 4.74 Å². The number of rotatable bonds is 20. The van der Waals surface area contributed by atoms with Crippen LogP contribution in [0.25, 0.3) is 11.3 Å². The SMILES string of the molecule is CCCCCCCCCCCCc1ccc(-c2ccccc2OCCCCCCCC)nn1. The molecular formula is C30H48N2O. The number of hydrogen-bond donors (Lipinski definition) is 0. The van der Waals surface area contributed by atoms with Gasteiger partial charge in [-0.2, -0.15) is 10.2 Å². The van der Waals surface area contributed by atoms with Crippen molar-refractivity contribution in [2.24, 2.45) is 0 Å². The molecule has 0 saturated carbocycles. The van der Waals surface area contributed by atoms with E-state index >= 15 is 0 Å². The van der Waals surface area contributed by atoms with Crippen LogP contribution in [0.1, 0.15) is 122 Å². The van der Waals surface area contributed by atoms with E-state index in [2.05, 4.69) is 42.2 Å². The summed E-state index contributed by atoms with van der Waals surface area (Å²) in [6.45, 7) is 5.31. The van der Waals surface area contributed by atoms with Crippen LogP contribution in [-0.4, -0.2) is 16.8 Å². The average molecular weight is 453 g/mol. The lowest BCUT2D eigenvalue weighted by atomic mass is 10.0. The minimum atomic E-state index is 0.771. The Morgan fingerprint density at radius 1 is 0.576 bits per heavy atom. The third-order valence-electron chi connectivity index (χ3n) is 6.42. The van der Waals surface area contributed by atoms with Crippen molar-refractivity contribution in [1.29, 1.82) is 0 Å². The van der Waals surface area contributed by atoms with Gasteiger partial charge in [-0.05, 0) is 43.5 Å². The molecule has 0 radical (unpaired) electrons. The molecule has 3 heteroatoms. The number of aromatic nitrogens is 2. The number of aryl methyl sites for hydroxylation is 1.